The third kappa shape index (κ3) is 5.28. The molecule has 0 aromatic heterocycles. The molecule has 0 spiro atoms. The lowest BCUT2D eigenvalue weighted by Gasteiger charge is -2.21. The van der Waals surface area contributed by atoms with Crippen molar-refractivity contribution in [2.24, 2.45) is 0 Å². The Hall–Kier alpha value is -3.02. The Kier molecular flexibility index (Phi) is 5.82. The van der Waals surface area contributed by atoms with Gasteiger partial charge in [-0.15, -0.1) is 0 Å². The maximum absolute atomic E-state index is 13.0. The first-order chi connectivity index (χ1) is 13.7. The zero-order valence-corrected chi connectivity index (χ0v) is 17.4. The van der Waals surface area contributed by atoms with Crippen molar-refractivity contribution in [3.05, 3.63) is 65.2 Å². The smallest absolute Gasteiger partial charge is 0.407 e. The fourth-order valence-electron chi connectivity index (χ4n) is 3.18. The van der Waals surface area contributed by atoms with Crippen LogP contribution in [0.3, 0.4) is 0 Å². The summed E-state index contributed by atoms with van der Waals surface area (Å²) >= 11 is 0. The van der Waals surface area contributed by atoms with Gasteiger partial charge in [0.25, 0.3) is 5.91 Å². The van der Waals surface area contributed by atoms with Gasteiger partial charge < -0.3 is 20.1 Å². The molecule has 2 aromatic carbocycles. The van der Waals surface area contributed by atoms with Gasteiger partial charge in [-0.3, -0.25) is 4.79 Å². The third-order valence-corrected chi connectivity index (χ3v) is 4.83. The van der Waals surface area contributed by atoms with Crippen LogP contribution in [0.4, 0.5) is 4.79 Å². The van der Waals surface area contributed by atoms with Crippen molar-refractivity contribution in [1.82, 2.24) is 10.6 Å². The molecule has 0 saturated heterocycles. The summed E-state index contributed by atoms with van der Waals surface area (Å²) in [6.07, 6.45) is 1.27. The van der Waals surface area contributed by atoms with Gasteiger partial charge in [-0.2, -0.15) is 0 Å². The number of carbonyl (C=O) groups is 2. The van der Waals surface area contributed by atoms with Crippen molar-refractivity contribution in [3.8, 4) is 5.75 Å². The van der Waals surface area contributed by atoms with E-state index in [0.29, 0.717) is 5.56 Å². The Labute approximate surface area is 171 Å². The number of methoxy groups -OCH3 is 1. The number of nitrogens with one attached hydrogen (secondary N) is 2. The number of hydrogen-bond acceptors (Lipinski definition) is 4. The lowest BCUT2D eigenvalue weighted by atomic mass is 10.0. The number of amides is 2. The van der Waals surface area contributed by atoms with E-state index in [0.717, 1.165) is 29.7 Å². The number of carbonyl (C=O) groups excluding carboxylic acids is 2. The summed E-state index contributed by atoms with van der Waals surface area (Å²) in [5, 5.41) is 5.90. The molecule has 2 aromatic rings. The quantitative estimate of drug-likeness (QED) is 0.769. The fraction of sp³-hybridized carbons (Fsp3) is 0.391. The van der Waals surface area contributed by atoms with Crippen LogP contribution in [0.1, 0.15) is 55.1 Å². The number of rotatable bonds is 6. The largest absolute Gasteiger partial charge is 0.497 e. The van der Waals surface area contributed by atoms with E-state index in [4.69, 9.17) is 9.47 Å². The summed E-state index contributed by atoms with van der Waals surface area (Å²) in [5.41, 5.74) is 1.44. The zero-order chi connectivity index (χ0) is 21.1. The molecule has 0 unspecified atom stereocenters. The molecule has 1 aliphatic carbocycles. The van der Waals surface area contributed by atoms with Gasteiger partial charge in [0.05, 0.1) is 12.6 Å². The standard InChI is InChI=1S/C23H28N2O4/c1-22(2,3)29-21(27)24-15-16-7-5-6-8-19(16)20(26)25-23(13-14-23)17-9-11-18(28-4)12-10-17/h5-12H,13-15H2,1-4H3,(H,24,27)(H,25,26). The van der Waals surface area contributed by atoms with Crippen molar-refractivity contribution in [3.63, 3.8) is 0 Å². The first kappa shape index (κ1) is 20.7. The summed E-state index contributed by atoms with van der Waals surface area (Å²) in [4.78, 5) is 25.0. The van der Waals surface area contributed by atoms with Crippen molar-refractivity contribution in [1.29, 1.82) is 0 Å². The van der Waals surface area contributed by atoms with Crippen molar-refractivity contribution < 1.29 is 19.1 Å². The maximum Gasteiger partial charge on any atom is 0.407 e. The minimum atomic E-state index is -0.572. The van der Waals surface area contributed by atoms with Gasteiger partial charge >= 0.3 is 6.09 Å². The van der Waals surface area contributed by atoms with Gasteiger partial charge in [-0.1, -0.05) is 30.3 Å². The van der Waals surface area contributed by atoms with Crippen LogP contribution in [-0.4, -0.2) is 24.7 Å². The van der Waals surface area contributed by atoms with E-state index >= 15 is 0 Å². The van der Waals surface area contributed by atoms with Crippen LogP contribution in [0.15, 0.2) is 48.5 Å². The first-order valence-electron chi connectivity index (χ1n) is 9.74. The Morgan fingerprint density at radius 1 is 1.03 bits per heavy atom. The molecular formula is C23H28N2O4. The summed E-state index contributed by atoms with van der Waals surface area (Å²) < 4.78 is 10.5. The SMILES string of the molecule is COc1ccc(C2(NC(=O)c3ccccc3CNC(=O)OC(C)(C)C)CC2)cc1. The molecule has 3 rings (SSSR count). The molecule has 0 atom stereocenters. The highest BCUT2D eigenvalue weighted by atomic mass is 16.6. The second kappa shape index (κ2) is 8.15. The predicted molar refractivity (Wildman–Crippen MR) is 111 cm³/mol. The summed E-state index contributed by atoms with van der Waals surface area (Å²) in [6.45, 7) is 5.64. The molecule has 6 heteroatoms. The molecule has 0 heterocycles. The Balaban J connectivity index is 1.69. The van der Waals surface area contributed by atoms with E-state index in [1.54, 1.807) is 13.2 Å². The number of benzene rings is 2. The van der Waals surface area contributed by atoms with E-state index < -0.39 is 11.7 Å². The maximum atomic E-state index is 13.0. The summed E-state index contributed by atoms with van der Waals surface area (Å²) in [7, 11) is 1.63. The van der Waals surface area contributed by atoms with Crippen LogP contribution >= 0.6 is 0 Å². The van der Waals surface area contributed by atoms with Crippen LogP contribution in [0, 0.1) is 0 Å². The third-order valence-electron chi connectivity index (χ3n) is 4.83. The highest BCUT2D eigenvalue weighted by Crippen LogP contribution is 2.46. The van der Waals surface area contributed by atoms with Crippen LogP contribution in [0.25, 0.3) is 0 Å². The van der Waals surface area contributed by atoms with E-state index in [1.165, 1.54) is 0 Å². The average molecular weight is 396 g/mol. The minimum absolute atomic E-state index is 0.153. The van der Waals surface area contributed by atoms with E-state index in [1.807, 2.05) is 63.2 Å². The lowest BCUT2D eigenvalue weighted by Crippen LogP contribution is -2.36. The molecular weight excluding hydrogens is 368 g/mol. The molecule has 6 nitrogen and oxygen atoms in total. The van der Waals surface area contributed by atoms with E-state index in [-0.39, 0.29) is 18.0 Å². The van der Waals surface area contributed by atoms with Gasteiger partial charge in [-0.05, 0) is 62.9 Å². The molecule has 1 fully saturated rings. The molecule has 29 heavy (non-hydrogen) atoms. The van der Waals surface area contributed by atoms with Crippen molar-refractivity contribution in [2.75, 3.05) is 7.11 Å². The molecule has 0 bridgehead atoms. The van der Waals surface area contributed by atoms with Crippen LogP contribution in [0.2, 0.25) is 0 Å². The molecule has 2 N–H and O–H groups in total. The van der Waals surface area contributed by atoms with Crippen molar-refractivity contribution >= 4 is 12.0 Å². The fourth-order valence-corrected chi connectivity index (χ4v) is 3.18. The molecule has 1 aliphatic rings. The normalized spacial score (nSPS) is 14.6. The van der Waals surface area contributed by atoms with Crippen LogP contribution < -0.4 is 15.4 Å². The topological polar surface area (TPSA) is 76.7 Å². The number of alkyl carbamates (subject to hydrolysis) is 1. The Morgan fingerprint density at radius 3 is 2.28 bits per heavy atom. The second-order valence-electron chi connectivity index (χ2n) is 8.28. The highest BCUT2D eigenvalue weighted by molar-refractivity contribution is 5.96. The Morgan fingerprint density at radius 2 is 1.69 bits per heavy atom. The number of hydrogen-bond donors (Lipinski definition) is 2. The monoisotopic (exact) mass is 396 g/mol. The minimum Gasteiger partial charge on any atom is -0.497 e. The molecule has 0 aliphatic heterocycles. The van der Waals surface area contributed by atoms with Crippen LogP contribution in [-0.2, 0) is 16.8 Å². The second-order valence-corrected chi connectivity index (χ2v) is 8.28. The van der Waals surface area contributed by atoms with Crippen LogP contribution in [0.5, 0.6) is 5.75 Å². The zero-order valence-electron chi connectivity index (χ0n) is 17.4. The predicted octanol–water partition coefficient (Wildman–Crippen LogP) is 4.14. The highest BCUT2D eigenvalue weighted by Gasteiger charge is 2.45. The summed E-state index contributed by atoms with van der Waals surface area (Å²) in [6, 6.07) is 15.0. The van der Waals surface area contributed by atoms with Gasteiger partial charge in [0.1, 0.15) is 11.4 Å². The summed E-state index contributed by atoms with van der Waals surface area (Å²) in [5.74, 6) is 0.634. The molecule has 0 radical (unpaired) electrons. The van der Waals surface area contributed by atoms with Gasteiger partial charge in [0.15, 0.2) is 0 Å². The van der Waals surface area contributed by atoms with Crippen molar-refractivity contribution in [2.45, 2.75) is 51.3 Å². The van der Waals surface area contributed by atoms with Gasteiger partial charge in [0, 0.05) is 12.1 Å². The lowest BCUT2D eigenvalue weighted by molar-refractivity contribution is 0.0522. The first-order valence-corrected chi connectivity index (χ1v) is 9.74. The van der Waals surface area contributed by atoms with Gasteiger partial charge in [-0.25, -0.2) is 4.79 Å². The Bertz CT molecular complexity index is 880. The molecule has 1 saturated carbocycles. The average Bonchev–Trinajstić information content (AvgIpc) is 3.46. The van der Waals surface area contributed by atoms with E-state index in [9.17, 15) is 9.59 Å². The van der Waals surface area contributed by atoms with E-state index in [2.05, 4.69) is 10.6 Å². The number of ether oxygens (including phenoxy) is 2. The molecule has 2 amide bonds. The van der Waals surface area contributed by atoms with Gasteiger partial charge in [0.2, 0.25) is 0 Å². The molecule has 154 valence electrons.